The Morgan fingerprint density at radius 3 is 2.89 bits per heavy atom. The molecule has 4 nitrogen and oxygen atoms in total. The van der Waals surface area contributed by atoms with Gasteiger partial charge in [-0.25, -0.2) is 0 Å². The molecule has 0 saturated carbocycles. The summed E-state index contributed by atoms with van der Waals surface area (Å²) in [4.78, 5) is 0.208. The molecule has 1 heterocycles. The van der Waals surface area contributed by atoms with Gasteiger partial charge in [-0.05, 0) is 30.7 Å². The summed E-state index contributed by atoms with van der Waals surface area (Å²) in [6.07, 6.45) is 1.51. The van der Waals surface area contributed by atoms with Gasteiger partial charge in [0, 0.05) is 5.02 Å². The zero-order valence-corrected chi connectivity index (χ0v) is 11.1. The van der Waals surface area contributed by atoms with Crippen LogP contribution in [0.4, 0.5) is 0 Å². The van der Waals surface area contributed by atoms with E-state index in [0.29, 0.717) is 16.3 Å². The third kappa shape index (κ3) is 2.75. The van der Waals surface area contributed by atoms with Crippen molar-refractivity contribution in [3.8, 4) is 11.6 Å². The van der Waals surface area contributed by atoms with E-state index in [4.69, 9.17) is 34.3 Å². The summed E-state index contributed by atoms with van der Waals surface area (Å²) in [5.41, 5.74) is 7.06. The van der Waals surface area contributed by atoms with Gasteiger partial charge in [-0.15, -0.1) is 5.10 Å². The van der Waals surface area contributed by atoms with Crippen molar-refractivity contribution in [2.45, 2.75) is 6.92 Å². The third-order valence-electron chi connectivity index (χ3n) is 2.31. The van der Waals surface area contributed by atoms with E-state index in [-0.39, 0.29) is 10.9 Å². The number of aromatic nitrogens is 2. The van der Waals surface area contributed by atoms with Crippen LogP contribution >= 0.6 is 23.8 Å². The predicted molar refractivity (Wildman–Crippen MR) is 74.2 cm³/mol. The summed E-state index contributed by atoms with van der Waals surface area (Å²) in [6.45, 7) is 1.91. The minimum absolute atomic E-state index is 0.208. The Kier molecular flexibility index (Phi) is 3.74. The van der Waals surface area contributed by atoms with E-state index in [1.807, 2.05) is 13.0 Å². The largest absolute Gasteiger partial charge is 0.437 e. The minimum Gasteiger partial charge on any atom is -0.437 e. The monoisotopic (exact) mass is 279 g/mol. The molecule has 18 heavy (non-hydrogen) atoms. The van der Waals surface area contributed by atoms with Gasteiger partial charge >= 0.3 is 0 Å². The highest BCUT2D eigenvalue weighted by molar-refractivity contribution is 7.80. The van der Waals surface area contributed by atoms with Gasteiger partial charge in [0.15, 0.2) is 0 Å². The zero-order valence-electron chi connectivity index (χ0n) is 9.55. The normalized spacial score (nSPS) is 10.1. The standard InChI is InChI=1S/C12H10ClN3OS/c1-7-2-3-8(13)6-10(7)17-12-9(11(14)18)4-5-15-16-12/h2-6H,1H3,(H2,14,18). The van der Waals surface area contributed by atoms with E-state index in [1.165, 1.54) is 6.20 Å². The number of thiocarbonyl (C=S) groups is 1. The van der Waals surface area contributed by atoms with Crippen molar-refractivity contribution in [3.05, 3.63) is 46.6 Å². The van der Waals surface area contributed by atoms with E-state index in [0.717, 1.165) is 5.56 Å². The first kappa shape index (κ1) is 12.7. The fraction of sp³-hybridized carbons (Fsp3) is 0.0833. The molecule has 0 saturated heterocycles. The van der Waals surface area contributed by atoms with Crippen molar-refractivity contribution in [2.75, 3.05) is 0 Å². The molecule has 0 atom stereocenters. The summed E-state index contributed by atoms with van der Waals surface area (Å²) < 4.78 is 5.66. The number of hydrogen-bond donors (Lipinski definition) is 1. The van der Waals surface area contributed by atoms with Crippen LogP contribution in [0.2, 0.25) is 5.02 Å². The Hall–Kier alpha value is -1.72. The SMILES string of the molecule is Cc1ccc(Cl)cc1Oc1nnccc1C(N)=S. The molecule has 0 aliphatic rings. The van der Waals surface area contributed by atoms with Crippen LogP contribution in [0.15, 0.2) is 30.5 Å². The predicted octanol–water partition coefficient (Wildman–Crippen LogP) is 2.86. The van der Waals surface area contributed by atoms with Gasteiger partial charge in [-0.1, -0.05) is 29.9 Å². The number of nitrogens with zero attached hydrogens (tertiary/aromatic N) is 2. The third-order valence-corrected chi connectivity index (χ3v) is 2.76. The molecule has 2 rings (SSSR count). The molecule has 6 heteroatoms. The van der Waals surface area contributed by atoms with Crippen LogP contribution in [0.5, 0.6) is 11.6 Å². The molecule has 0 aliphatic heterocycles. The van der Waals surface area contributed by atoms with Crippen LogP contribution in [0.25, 0.3) is 0 Å². The Morgan fingerprint density at radius 1 is 1.39 bits per heavy atom. The van der Waals surface area contributed by atoms with Crippen LogP contribution in [0, 0.1) is 6.92 Å². The molecular weight excluding hydrogens is 270 g/mol. The number of aryl methyl sites for hydroxylation is 1. The second kappa shape index (κ2) is 5.29. The van der Waals surface area contributed by atoms with Crippen molar-refractivity contribution in [2.24, 2.45) is 5.73 Å². The summed E-state index contributed by atoms with van der Waals surface area (Å²) >= 11 is 10.8. The molecule has 2 N–H and O–H groups in total. The lowest BCUT2D eigenvalue weighted by Crippen LogP contribution is -2.12. The summed E-state index contributed by atoms with van der Waals surface area (Å²) in [6, 6.07) is 7.00. The average Bonchev–Trinajstić information content (AvgIpc) is 2.34. The first-order valence-corrected chi connectivity index (χ1v) is 5.92. The smallest absolute Gasteiger partial charge is 0.249 e. The quantitative estimate of drug-likeness (QED) is 0.876. The number of rotatable bonds is 3. The van der Waals surface area contributed by atoms with Crippen LogP contribution in [-0.2, 0) is 0 Å². The van der Waals surface area contributed by atoms with E-state index in [1.54, 1.807) is 18.2 Å². The van der Waals surface area contributed by atoms with Crippen LogP contribution in [-0.4, -0.2) is 15.2 Å². The maximum atomic E-state index is 5.92. The van der Waals surface area contributed by atoms with Crippen LogP contribution in [0.1, 0.15) is 11.1 Å². The van der Waals surface area contributed by atoms with Gasteiger partial charge in [0.1, 0.15) is 10.7 Å². The molecular formula is C12H10ClN3OS. The first-order valence-electron chi connectivity index (χ1n) is 5.13. The van der Waals surface area contributed by atoms with Crippen LogP contribution in [0.3, 0.4) is 0 Å². The van der Waals surface area contributed by atoms with E-state index < -0.39 is 0 Å². The van der Waals surface area contributed by atoms with E-state index in [9.17, 15) is 0 Å². The van der Waals surface area contributed by atoms with Crippen LogP contribution < -0.4 is 10.5 Å². The molecule has 0 amide bonds. The van der Waals surface area contributed by atoms with Gasteiger partial charge in [0.05, 0.1) is 11.8 Å². The molecule has 0 radical (unpaired) electrons. The summed E-state index contributed by atoms with van der Waals surface area (Å²) in [7, 11) is 0. The fourth-order valence-corrected chi connectivity index (χ4v) is 1.69. The van der Waals surface area contributed by atoms with E-state index in [2.05, 4.69) is 10.2 Å². The highest BCUT2D eigenvalue weighted by Crippen LogP contribution is 2.28. The van der Waals surface area contributed by atoms with Crippen molar-refractivity contribution < 1.29 is 4.74 Å². The Labute approximate surface area is 115 Å². The molecule has 1 aromatic carbocycles. The second-order valence-electron chi connectivity index (χ2n) is 3.63. The highest BCUT2D eigenvalue weighted by Gasteiger charge is 2.11. The van der Waals surface area contributed by atoms with E-state index >= 15 is 0 Å². The molecule has 0 unspecified atom stereocenters. The molecule has 0 bridgehead atoms. The maximum absolute atomic E-state index is 5.92. The first-order chi connectivity index (χ1) is 8.58. The van der Waals surface area contributed by atoms with Crippen molar-refractivity contribution in [1.82, 2.24) is 10.2 Å². The Morgan fingerprint density at radius 2 is 2.17 bits per heavy atom. The molecule has 2 aromatic rings. The Bertz CT molecular complexity index is 604. The molecule has 0 spiro atoms. The van der Waals surface area contributed by atoms with Crippen molar-refractivity contribution in [1.29, 1.82) is 0 Å². The highest BCUT2D eigenvalue weighted by atomic mass is 35.5. The Balaban J connectivity index is 2.40. The minimum atomic E-state index is 0.208. The lowest BCUT2D eigenvalue weighted by Gasteiger charge is -2.10. The average molecular weight is 280 g/mol. The number of hydrogen-bond acceptors (Lipinski definition) is 4. The van der Waals surface area contributed by atoms with Gasteiger partial charge in [-0.2, -0.15) is 5.10 Å². The second-order valence-corrected chi connectivity index (χ2v) is 4.50. The number of ether oxygens (including phenoxy) is 1. The lowest BCUT2D eigenvalue weighted by atomic mass is 10.2. The summed E-state index contributed by atoms with van der Waals surface area (Å²) in [5.74, 6) is 0.871. The lowest BCUT2D eigenvalue weighted by molar-refractivity contribution is 0.451. The van der Waals surface area contributed by atoms with Gasteiger partial charge < -0.3 is 10.5 Å². The van der Waals surface area contributed by atoms with Crippen molar-refractivity contribution >= 4 is 28.8 Å². The fourth-order valence-electron chi connectivity index (χ4n) is 1.37. The zero-order chi connectivity index (χ0) is 13.1. The molecule has 0 fully saturated rings. The number of halogens is 1. The molecule has 0 aliphatic carbocycles. The molecule has 1 aromatic heterocycles. The van der Waals surface area contributed by atoms with Gasteiger partial charge in [0.2, 0.25) is 5.88 Å². The van der Waals surface area contributed by atoms with Gasteiger partial charge in [-0.3, -0.25) is 0 Å². The maximum Gasteiger partial charge on any atom is 0.249 e. The van der Waals surface area contributed by atoms with Crippen molar-refractivity contribution in [3.63, 3.8) is 0 Å². The number of benzene rings is 1. The summed E-state index contributed by atoms with van der Waals surface area (Å²) in [5, 5.41) is 8.22. The van der Waals surface area contributed by atoms with Gasteiger partial charge in [0.25, 0.3) is 0 Å². The molecule has 92 valence electrons. The topological polar surface area (TPSA) is 61.0 Å². The number of nitrogens with two attached hydrogens (primary N) is 1.